The average Bonchev–Trinajstić information content (AvgIpc) is 2.39. The van der Waals surface area contributed by atoms with Crippen molar-refractivity contribution in [1.82, 2.24) is 4.98 Å². The zero-order valence-corrected chi connectivity index (χ0v) is 12.5. The van der Waals surface area contributed by atoms with Crippen LogP contribution in [0.2, 0.25) is 0 Å². The van der Waals surface area contributed by atoms with E-state index in [1.165, 1.54) is 0 Å². The monoisotopic (exact) mass is 321 g/mol. The molecule has 1 unspecified atom stereocenters. The molecule has 1 aromatic carbocycles. The predicted octanol–water partition coefficient (Wildman–Crippen LogP) is 3.78. The van der Waals surface area contributed by atoms with Crippen LogP contribution in [0.15, 0.2) is 41.0 Å². The molecule has 2 aromatic rings. The van der Waals surface area contributed by atoms with Crippen LogP contribution in [-0.2, 0) is 6.61 Å². The van der Waals surface area contributed by atoms with Crippen LogP contribution in [0.25, 0.3) is 0 Å². The second-order valence-corrected chi connectivity index (χ2v) is 5.37. The molecule has 1 atom stereocenters. The maximum atomic E-state index is 9.52. The zero-order chi connectivity index (χ0) is 13.8. The van der Waals surface area contributed by atoms with Gasteiger partial charge >= 0.3 is 0 Å². The lowest BCUT2D eigenvalue weighted by Crippen LogP contribution is -2.00. The molecule has 1 N–H and O–H groups in total. The van der Waals surface area contributed by atoms with Gasteiger partial charge in [-0.25, -0.2) is 0 Å². The number of aliphatic hydroxyl groups is 1. The molecule has 0 aliphatic carbocycles. The van der Waals surface area contributed by atoms with E-state index in [1.807, 2.05) is 37.3 Å². The third kappa shape index (κ3) is 3.78. The van der Waals surface area contributed by atoms with E-state index < -0.39 is 6.10 Å². The molecule has 100 valence electrons. The molecular weight excluding hydrogens is 306 g/mol. The SMILES string of the molecule is Cc1cc(C(C)O)ccc1OCc1ccc(Br)cn1. The summed E-state index contributed by atoms with van der Waals surface area (Å²) >= 11 is 3.35. The Morgan fingerprint density at radius 2 is 2.11 bits per heavy atom. The predicted molar refractivity (Wildman–Crippen MR) is 78.1 cm³/mol. The number of aromatic nitrogens is 1. The van der Waals surface area contributed by atoms with Crippen molar-refractivity contribution in [3.8, 4) is 5.75 Å². The van der Waals surface area contributed by atoms with E-state index >= 15 is 0 Å². The van der Waals surface area contributed by atoms with Gasteiger partial charge in [0.15, 0.2) is 0 Å². The number of hydrogen-bond acceptors (Lipinski definition) is 3. The highest BCUT2D eigenvalue weighted by atomic mass is 79.9. The number of ether oxygens (including phenoxy) is 1. The van der Waals surface area contributed by atoms with E-state index in [2.05, 4.69) is 20.9 Å². The quantitative estimate of drug-likeness (QED) is 0.931. The Hall–Kier alpha value is -1.39. The number of aryl methyl sites for hydroxylation is 1. The summed E-state index contributed by atoms with van der Waals surface area (Å²) in [6.45, 7) is 4.15. The van der Waals surface area contributed by atoms with E-state index in [-0.39, 0.29) is 0 Å². The van der Waals surface area contributed by atoms with Crippen LogP contribution in [0, 0.1) is 6.92 Å². The van der Waals surface area contributed by atoms with Gasteiger partial charge < -0.3 is 9.84 Å². The van der Waals surface area contributed by atoms with Gasteiger partial charge in [0.25, 0.3) is 0 Å². The first-order valence-corrected chi connectivity index (χ1v) is 6.87. The molecule has 0 saturated heterocycles. The van der Waals surface area contributed by atoms with Crippen molar-refractivity contribution in [1.29, 1.82) is 0 Å². The minimum atomic E-state index is -0.458. The highest BCUT2D eigenvalue weighted by molar-refractivity contribution is 9.10. The maximum absolute atomic E-state index is 9.52. The van der Waals surface area contributed by atoms with Crippen LogP contribution >= 0.6 is 15.9 Å². The van der Waals surface area contributed by atoms with E-state index in [4.69, 9.17) is 4.74 Å². The topological polar surface area (TPSA) is 42.4 Å². The highest BCUT2D eigenvalue weighted by Crippen LogP contribution is 2.23. The second kappa shape index (κ2) is 6.17. The second-order valence-electron chi connectivity index (χ2n) is 4.46. The minimum Gasteiger partial charge on any atom is -0.487 e. The van der Waals surface area contributed by atoms with Gasteiger partial charge in [0.05, 0.1) is 11.8 Å². The van der Waals surface area contributed by atoms with Gasteiger partial charge in [-0.15, -0.1) is 0 Å². The van der Waals surface area contributed by atoms with Gasteiger partial charge in [-0.05, 0) is 65.2 Å². The van der Waals surface area contributed by atoms with Crippen LogP contribution in [0.1, 0.15) is 29.8 Å². The van der Waals surface area contributed by atoms with Crippen LogP contribution in [0.5, 0.6) is 5.75 Å². The molecule has 0 saturated carbocycles. The van der Waals surface area contributed by atoms with Gasteiger partial charge in [0.2, 0.25) is 0 Å². The third-order valence-corrected chi connectivity index (χ3v) is 3.31. The summed E-state index contributed by atoms with van der Waals surface area (Å²) in [5, 5.41) is 9.52. The molecule has 19 heavy (non-hydrogen) atoms. The van der Waals surface area contributed by atoms with Crippen LogP contribution in [0.4, 0.5) is 0 Å². The van der Waals surface area contributed by atoms with E-state index in [1.54, 1.807) is 13.1 Å². The molecule has 0 bridgehead atoms. The Kier molecular flexibility index (Phi) is 4.56. The highest BCUT2D eigenvalue weighted by Gasteiger charge is 2.05. The molecule has 1 aromatic heterocycles. The first kappa shape index (κ1) is 14.0. The van der Waals surface area contributed by atoms with Crippen molar-refractivity contribution in [2.24, 2.45) is 0 Å². The fraction of sp³-hybridized carbons (Fsp3) is 0.267. The van der Waals surface area contributed by atoms with Crippen molar-refractivity contribution in [3.63, 3.8) is 0 Å². The number of aliphatic hydroxyl groups excluding tert-OH is 1. The van der Waals surface area contributed by atoms with Gasteiger partial charge in [-0.1, -0.05) is 6.07 Å². The van der Waals surface area contributed by atoms with E-state index in [0.717, 1.165) is 27.0 Å². The normalized spacial score (nSPS) is 12.2. The zero-order valence-electron chi connectivity index (χ0n) is 10.9. The number of rotatable bonds is 4. The van der Waals surface area contributed by atoms with Crippen molar-refractivity contribution >= 4 is 15.9 Å². The Labute approximate surface area is 121 Å². The van der Waals surface area contributed by atoms with Crippen molar-refractivity contribution in [2.75, 3.05) is 0 Å². The lowest BCUT2D eigenvalue weighted by atomic mass is 10.1. The molecule has 3 nitrogen and oxygen atoms in total. The number of hydrogen-bond donors (Lipinski definition) is 1. The number of benzene rings is 1. The largest absolute Gasteiger partial charge is 0.487 e. The summed E-state index contributed by atoms with van der Waals surface area (Å²) in [4.78, 5) is 4.26. The van der Waals surface area contributed by atoms with Gasteiger partial charge in [-0.3, -0.25) is 4.98 Å². The lowest BCUT2D eigenvalue weighted by molar-refractivity contribution is 0.199. The fourth-order valence-electron chi connectivity index (χ4n) is 1.74. The van der Waals surface area contributed by atoms with E-state index in [9.17, 15) is 5.11 Å². The van der Waals surface area contributed by atoms with Crippen molar-refractivity contribution < 1.29 is 9.84 Å². The molecule has 0 spiro atoms. The standard InChI is InChI=1S/C15H16BrNO2/c1-10-7-12(11(2)18)3-6-15(10)19-9-14-5-4-13(16)8-17-14/h3-8,11,18H,9H2,1-2H3. The summed E-state index contributed by atoms with van der Waals surface area (Å²) in [6, 6.07) is 9.56. The summed E-state index contributed by atoms with van der Waals surface area (Å²) in [7, 11) is 0. The first-order chi connectivity index (χ1) is 9.06. The molecular formula is C15H16BrNO2. The summed E-state index contributed by atoms with van der Waals surface area (Å²) in [5.74, 6) is 0.814. The molecule has 1 heterocycles. The number of pyridine rings is 1. The Balaban J connectivity index is 2.05. The summed E-state index contributed by atoms with van der Waals surface area (Å²) in [5.41, 5.74) is 2.78. The number of halogens is 1. The average molecular weight is 322 g/mol. The lowest BCUT2D eigenvalue weighted by Gasteiger charge is -2.11. The third-order valence-electron chi connectivity index (χ3n) is 2.85. The molecule has 0 radical (unpaired) electrons. The molecule has 0 aliphatic rings. The number of nitrogens with zero attached hydrogens (tertiary/aromatic N) is 1. The Morgan fingerprint density at radius 1 is 1.32 bits per heavy atom. The maximum Gasteiger partial charge on any atom is 0.130 e. The molecule has 0 fully saturated rings. The summed E-state index contributed by atoms with van der Waals surface area (Å²) in [6.07, 6.45) is 1.29. The van der Waals surface area contributed by atoms with Gasteiger partial charge in [0, 0.05) is 10.7 Å². The minimum absolute atomic E-state index is 0.433. The Bertz CT molecular complexity index is 553. The smallest absolute Gasteiger partial charge is 0.130 e. The molecule has 0 aliphatic heterocycles. The molecule has 0 amide bonds. The van der Waals surface area contributed by atoms with Gasteiger partial charge in [0.1, 0.15) is 12.4 Å². The summed E-state index contributed by atoms with van der Waals surface area (Å²) < 4.78 is 6.69. The molecule has 4 heteroatoms. The van der Waals surface area contributed by atoms with Crippen molar-refractivity contribution in [2.45, 2.75) is 26.6 Å². The van der Waals surface area contributed by atoms with E-state index in [0.29, 0.717) is 6.61 Å². The molecule has 2 rings (SSSR count). The van der Waals surface area contributed by atoms with Gasteiger partial charge in [-0.2, -0.15) is 0 Å². The first-order valence-electron chi connectivity index (χ1n) is 6.08. The fourth-order valence-corrected chi connectivity index (χ4v) is 1.97. The van der Waals surface area contributed by atoms with Crippen LogP contribution < -0.4 is 4.74 Å². The van der Waals surface area contributed by atoms with Crippen molar-refractivity contribution in [3.05, 3.63) is 57.8 Å². The van der Waals surface area contributed by atoms with Crippen LogP contribution in [-0.4, -0.2) is 10.1 Å². The van der Waals surface area contributed by atoms with Crippen LogP contribution in [0.3, 0.4) is 0 Å². The Morgan fingerprint density at radius 3 is 2.68 bits per heavy atom.